The molecule has 0 spiro atoms. The molecule has 2 aromatic carbocycles. The highest BCUT2D eigenvalue weighted by Crippen LogP contribution is 2.28. The zero-order valence-electron chi connectivity index (χ0n) is 11.6. The summed E-state index contributed by atoms with van der Waals surface area (Å²) in [4.78, 5) is 2.71. The van der Waals surface area contributed by atoms with Crippen molar-refractivity contribution in [3.8, 4) is 0 Å². The Morgan fingerprint density at radius 2 is 1.00 bits per heavy atom. The van der Waals surface area contributed by atoms with Gasteiger partial charge in [0.2, 0.25) is 0 Å². The Morgan fingerprint density at radius 1 is 0.632 bits per heavy atom. The first-order chi connectivity index (χ1) is 9.31. The minimum absolute atomic E-state index is 1.07. The zero-order chi connectivity index (χ0) is 13.5. The normalized spacial score (nSPS) is 10.6. The Kier molecular flexibility index (Phi) is 5.87. The highest BCUT2D eigenvalue weighted by atomic mass is 32.2. The van der Waals surface area contributed by atoms with E-state index in [1.807, 2.05) is 23.5 Å². The molecule has 0 amide bonds. The quantitative estimate of drug-likeness (QED) is 0.497. The van der Waals surface area contributed by atoms with Crippen LogP contribution in [0.5, 0.6) is 0 Å². The van der Waals surface area contributed by atoms with Crippen LogP contribution in [0.15, 0.2) is 58.3 Å². The summed E-state index contributed by atoms with van der Waals surface area (Å²) in [5.74, 6) is 0. The van der Waals surface area contributed by atoms with Crippen LogP contribution in [-0.2, 0) is 12.8 Å². The Balaban J connectivity index is 1.81. The second kappa shape index (κ2) is 7.66. The fourth-order valence-electron chi connectivity index (χ4n) is 1.81. The predicted molar refractivity (Wildman–Crippen MR) is 88.2 cm³/mol. The van der Waals surface area contributed by atoms with Gasteiger partial charge in [0.1, 0.15) is 0 Å². The zero-order valence-corrected chi connectivity index (χ0v) is 13.2. The highest BCUT2D eigenvalue weighted by Gasteiger charge is 1.97. The van der Waals surface area contributed by atoms with Gasteiger partial charge in [-0.2, -0.15) is 0 Å². The van der Waals surface area contributed by atoms with E-state index in [0.29, 0.717) is 0 Å². The molecule has 2 aromatic rings. The molecule has 0 aromatic heterocycles. The van der Waals surface area contributed by atoms with E-state index in [4.69, 9.17) is 0 Å². The molecule has 0 atom stereocenters. The molecular weight excluding hydrogens is 268 g/mol. The lowest BCUT2D eigenvalue weighted by Crippen LogP contribution is -1.81. The summed E-state index contributed by atoms with van der Waals surface area (Å²) in [5.41, 5.74) is 2.82. The van der Waals surface area contributed by atoms with Gasteiger partial charge in [-0.15, -0.1) is 23.5 Å². The molecule has 0 aliphatic rings. The van der Waals surface area contributed by atoms with Crippen LogP contribution in [-0.4, -0.2) is 5.08 Å². The molecule has 0 nitrogen and oxygen atoms in total. The van der Waals surface area contributed by atoms with E-state index in [-0.39, 0.29) is 0 Å². The molecule has 2 heteroatoms. The average Bonchev–Trinajstić information content (AvgIpc) is 2.49. The van der Waals surface area contributed by atoms with E-state index in [1.165, 1.54) is 20.9 Å². The van der Waals surface area contributed by atoms with Gasteiger partial charge in [-0.25, -0.2) is 0 Å². The minimum Gasteiger partial charge on any atom is -0.115 e. The van der Waals surface area contributed by atoms with Crippen LogP contribution in [0.2, 0.25) is 0 Å². The molecule has 0 fully saturated rings. The minimum atomic E-state index is 1.07. The number of aryl methyl sites for hydroxylation is 2. The maximum atomic E-state index is 2.23. The number of benzene rings is 2. The standard InChI is InChI=1S/C17H20S2/c1-3-14-5-9-16(10-6-14)18-13-19-17-11-7-15(4-2)8-12-17/h5-12H,3-4,13H2,1-2H3. The van der Waals surface area contributed by atoms with Gasteiger partial charge in [0.15, 0.2) is 0 Å². The number of hydrogen-bond acceptors (Lipinski definition) is 2. The smallest absolute Gasteiger partial charge is 0.0486 e. The van der Waals surface area contributed by atoms with Gasteiger partial charge in [-0.1, -0.05) is 38.1 Å². The van der Waals surface area contributed by atoms with Gasteiger partial charge in [0.25, 0.3) is 0 Å². The summed E-state index contributed by atoms with van der Waals surface area (Å²) >= 11 is 3.81. The largest absolute Gasteiger partial charge is 0.115 e. The van der Waals surface area contributed by atoms with E-state index in [1.54, 1.807) is 0 Å². The summed E-state index contributed by atoms with van der Waals surface area (Å²) < 4.78 is 0. The summed E-state index contributed by atoms with van der Waals surface area (Å²) in [6.45, 7) is 4.38. The van der Waals surface area contributed by atoms with E-state index < -0.39 is 0 Å². The second-order valence-corrected chi connectivity index (χ2v) is 6.86. The topological polar surface area (TPSA) is 0 Å². The summed E-state index contributed by atoms with van der Waals surface area (Å²) in [6, 6.07) is 17.8. The molecule has 0 saturated heterocycles. The van der Waals surface area contributed by atoms with Crippen LogP contribution in [0, 0.1) is 0 Å². The molecule has 0 aliphatic carbocycles. The number of rotatable bonds is 6. The van der Waals surface area contributed by atoms with Crippen molar-refractivity contribution in [1.82, 2.24) is 0 Å². The van der Waals surface area contributed by atoms with Crippen LogP contribution in [0.4, 0.5) is 0 Å². The lowest BCUT2D eigenvalue weighted by Gasteiger charge is -2.04. The van der Waals surface area contributed by atoms with E-state index >= 15 is 0 Å². The van der Waals surface area contributed by atoms with Crippen molar-refractivity contribution in [3.05, 3.63) is 59.7 Å². The van der Waals surface area contributed by atoms with Crippen LogP contribution in [0.25, 0.3) is 0 Å². The first-order valence-corrected chi connectivity index (χ1v) is 8.72. The second-order valence-electron chi connectivity index (χ2n) is 4.40. The van der Waals surface area contributed by atoms with Gasteiger partial charge in [0.05, 0.1) is 0 Å². The van der Waals surface area contributed by atoms with Gasteiger partial charge < -0.3 is 0 Å². The first kappa shape index (κ1) is 14.5. The van der Waals surface area contributed by atoms with Crippen LogP contribution in [0.3, 0.4) is 0 Å². The molecule has 0 radical (unpaired) electrons. The molecule has 0 heterocycles. The third-order valence-electron chi connectivity index (χ3n) is 3.11. The van der Waals surface area contributed by atoms with Crippen molar-refractivity contribution in [2.75, 3.05) is 5.08 Å². The van der Waals surface area contributed by atoms with Gasteiger partial charge in [-0.05, 0) is 48.2 Å². The monoisotopic (exact) mass is 288 g/mol. The molecule has 19 heavy (non-hydrogen) atoms. The van der Waals surface area contributed by atoms with Crippen molar-refractivity contribution in [2.24, 2.45) is 0 Å². The summed E-state index contributed by atoms with van der Waals surface area (Å²) in [7, 11) is 0. The van der Waals surface area contributed by atoms with Gasteiger partial charge >= 0.3 is 0 Å². The molecule has 0 N–H and O–H groups in total. The van der Waals surface area contributed by atoms with E-state index in [9.17, 15) is 0 Å². The van der Waals surface area contributed by atoms with Crippen LogP contribution >= 0.6 is 23.5 Å². The third kappa shape index (κ3) is 4.63. The summed E-state index contributed by atoms with van der Waals surface area (Å²) in [5, 5.41) is 1.07. The Morgan fingerprint density at radius 3 is 1.32 bits per heavy atom. The molecule has 2 rings (SSSR count). The molecular formula is C17H20S2. The van der Waals surface area contributed by atoms with Crippen molar-refractivity contribution >= 4 is 23.5 Å². The van der Waals surface area contributed by atoms with Crippen LogP contribution in [0.1, 0.15) is 25.0 Å². The first-order valence-electron chi connectivity index (χ1n) is 6.75. The van der Waals surface area contributed by atoms with Crippen LogP contribution < -0.4 is 0 Å². The van der Waals surface area contributed by atoms with Gasteiger partial charge in [0, 0.05) is 14.9 Å². The van der Waals surface area contributed by atoms with Crippen molar-refractivity contribution in [1.29, 1.82) is 0 Å². The van der Waals surface area contributed by atoms with Crippen molar-refractivity contribution in [3.63, 3.8) is 0 Å². The molecule has 100 valence electrons. The Labute approximate surface area is 125 Å². The summed E-state index contributed by atoms with van der Waals surface area (Å²) in [6.07, 6.45) is 2.23. The lowest BCUT2D eigenvalue weighted by molar-refractivity contribution is 1.13. The molecule has 0 unspecified atom stereocenters. The predicted octanol–water partition coefficient (Wildman–Crippen LogP) is 5.65. The lowest BCUT2D eigenvalue weighted by atomic mass is 10.2. The van der Waals surface area contributed by atoms with Crippen molar-refractivity contribution < 1.29 is 0 Å². The Bertz CT molecular complexity index is 438. The fraction of sp³-hybridized carbons (Fsp3) is 0.294. The third-order valence-corrected chi connectivity index (χ3v) is 5.27. The maximum absolute atomic E-state index is 2.23. The molecule has 0 aliphatic heterocycles. The van der Waals surface area contributed by atoms with E-state index in [2.05, 4.69) is 62.4 Å². The van der Waals surface area contributed by atoms with E-state index in [0.717, 1.165) is 17.9 Å². The van der Waals surface area contributed by atoms with Crippen molar-refractivity contribution in [2.45, 2.75) is 36.5 Å². The van der Waals surface area contributed by atoms with Gasteiger partial charge in [-0.3, -0.25) is 0 Å². The number of thioether (sulfide) groups is 2. The Hall–Kier alpha value is -0.860. The number of hydrogen-bond donors (Lipinski definition) is 0. The fourth-order valence-corrected chi connectivity index (χ4v) is 3.79. The SMILES string of the molecule is CCc1ccc(SCSc2ccc(CC)cc2)cc1. The molecule has 0 bridgehead atoms. The molecule has 0 saturated carbocycles. The highest BCUT2D eigenvalue weighted by molar-refractivity contribution is 8.16. The average molecular weight is 288 g/mol. The maximum Gasteiger partial charge on any atom is 0.0486 e.